The number of ketones is 1. The summed E-state index contributed by atoms with van der Waals surface area (Å²) in [5, 5.41) is 16.7. The number of aliphatic hydroxyl groups is 1. The highest BCUT2D eigenvalue weighted by Gasteiger charge is 2.77. The fourth-order valence-corrected chi connectivity index (χ4v) is 10.1. The zero-order valence-electron chi connectivity index (χ0n) is 28.0. The third kappa shape index (κ3) is 4.99. The summed E-state index contributed by atoms with van der Waals surface area (Å²) in [5.41, 5.74) is -2.03. The van der Waals surface area contributed by atoms with Gasteiger partial charge in [-0.05, 0) is 77.7 Å². The number of alkyl halides is 1. The Morgan fingerprint density at radius 2 is 1.81 bits per heavy atom. The Kier molecular flexibility index (Phi) is 9.54. The van der Waals surface area contributed by atoms with Crippen molar-refractivity contribution in [1.82, 2.24) is 9.78 Å². The molecule has 0 bridgehead atoms. The number of rotatable bonds is 7. The molecule has 0 aliphatic heterocycles. The molecule has 6 rings (SSSR count). The van der Waals surface area contributed by atoms with Gasteiger partial charge in [0, 0.05) is 40.0 Å². The molecule has 1 aromatic carbocycles. The van der Waals surface area contributed by atoms with E-state index in [-0.39, 0.29) is 25.2 Å². The number of hydrogen-bond acceptors (Lipinski definition) is 7. The van der Waals surface area contributed by atoms with Crippen molar-refractivity contribution in [3.8, 4) is 5.69 Å². The van der Waals surface area contributed by atoms with Crippen LogP contribution in [0.4, 0.5) is 4.39 Å². The smallest absolute Gasteiger partial charge is 0.306 e. The van der Waals surface area contributed by atoms with Crippen molar-refractivity contribution in [3.63, 3.8) is 0 Å². The Morgan fingerprint density at radius 1 is 1.13 bits per heavy atom. The maximum absolute atomic E-state index is 18.2. The topological polar surface area (TPSA) is 108 Å². The predicted molar refractivity (Wildman–Crippen MR) is 180 cm³/mol. The van der Waals surface area contributed by atoms with E-state index in [0.717, 1.165) is 27.0 Å². The maximum atomic E-state index is 18.2. The molecule has 0 radical (unpaired) electrons. The van der Waals surface area contributed by atoms with Gasteiger partial charge in [0.1, 0.15) is 5.67 Å². The summed E-state index contributed by atoms with van der Waals surface area (Å²) >= 11 is 3.63. The summed E-state index contributed by atoms with van der Waals surface area (Å²) in [6.45, 7) is 14.4. The van der Waals surface area contributed by atoms with Gasteiger partial charge in [-0.1, -0.05) is 52.3 Å². The number of fused-ring (bicyclic) bond motifs is 6. The molecule has 0 unspecified atom stereocenters. The molecule has 0 saturated heterocycles. The highest BCUT2D eigenvalue weighted by molar-refractivity contribution is 9.10. The number of carbonyl (C=O) groups is 3. The number of para-hydroxylation sites is 1. The first-order valence-corrected chi connectivity index (χ1v) is 17.4. The molecule has 3 fully saturated rings. The molecule has 10 heteroatoms. The zero-order chi connectivity index (χ0) is 34.5. The van der Waals surface area contributed by atoms with Crippen LogP contribution in [-0.4, -0.2) is 56.6 Å². The number of carbonyl (C=O) groups excluding carboxylic acids is 3. The van der Waals surface area contributed by atoms with Crippen LogP contribution < -0.4 is 0 Å². The summed E-state index contributed by atoms with van der Waals surface area (Å²) in [4.78, 5) is 39.0. The first kappa shape index (κ1) is 35.2. The monoisotopic (exact) mass is 712 g/mol. The maximum Gasteiger partial charge on any atom is 0.306 e. The third-order valence-corrected chi connectivity index (χ3v) is 12.5. The van der Waals surface area contributed by atoms with Crippen LogP contribution in [0.1, 0.15) is 84.4 Å². The van der Waals surface area contributed by atoms with Crippen LogP contribution in [0, 0.1) is 28.6 Å². The quantitative estimate of drug-likeness (QED) is 0.240. The molecule has 4 aliphatic rings. The van der Waals surface area contributed by atoms with Crippen LogP contribution in [0.3, 0.4) is 0 Å². The molecule has 8 nitrogen and oxygen atoms in total. The lowest BCUT2D eigenvalue weighted by Gasteiger charge is -2.63. The lowest BCUT2D eigenvalue weighted by molar-refractivity contribution is -0.234. The average molecular weight is 714 g/mol. The summed E-state index contributed by atoms with van der Waals surface area (Å²) in [7, 11) is 0. The molecule has 4 aliphatic carbocycles. The van der Waals surface area contributed by atoms with E-state index in [1.165, 1.54) is 0 Å². The Labute approximate surface area is 284 Å². The molecule has 1 N–H and O–H groups in total. The van der Waals surface area contributed by atoms with Crippen molar-refractivity contribution in [2.24, 2.45) is 28.6 Å². The number of nitrogens with zero attached hydrogens (tertiary/aromatic N) is 2. The number of Topliss-reactive ketones (excluding diaryl/α,β-unsaturated/α-hetero) is 1. The minimum atomic E-state index is -1.99. The van der Waals surface area contributed by atoms with Gasteiger partial charge in [-0.2, -0.15) is 5.10 Å². The highest BCUT2D eigenvalue weighted by atomic mass is 79.9. The summed E-state index contributed by atoms with van der Waals surface area (Å²) < 4.78 is 32.4. The summed E-state index contributed by atoms with van der Waals surface area (Å²) in [6, 6.07) is 7.83. The number of esters is 2. The van der Waals surface area contributed by atoms with Gasteiger partial charge in [-0.3, -0.25) is 14.4 Å². The molecular formula is C37H46BrFN2O6. The normalized spacial score (nSPS) is 35.1. The van der Waals surface area contributed by atoms with Gasteiger partial charge < -0.3 is 14.6 Å². The van der Waals surface area contributed by atoms with E-state index in [2.05, 4.69) is 40.3 Å². The molecular weight excluding hydrogens is 667 g/mol. The van der Waals surface area contributed by atoms with E-state index in [9.17, 15) is 19.5 Å². The molecule has 2 aromatic rings. The van der Waals surface area contributed by atoms with E-state index < -0.39 is 64.4 Å². The Bertz CT molecular complexity index is 1610. The summed E-state index contributed by atoms with van der Waals surface area (Å²) in [5.74, 6) is -2.98. The van der Waals surface area contributed by atoms with Gasteiger partial charge in [0.05, 0.1) is 23.7 Å². The summed E-state index contributed by atoms with van der Waals surface area (Å²) in [6.07, 6.45) is 4.46. The number of halogens is 2. The van der Waals surface area contributed by atoms with Gasteiger partial charge in [-0.15, -0.1) is 13.2 Å². The van der Waals surface area contributed by atoms with E-state index in [1.54, 1.807) is 20.0 Å². The van der Waals surface area contributed by atoms with Crippen molar-refractivity contribution in [2.45, 2.75) is 96.9 Å². The number of aliphatic hydroxyl groups excluding tert-OH is 1. The molecule has 0 amide bonds. The Hall–Kier alpha value is -3.11. The predicted octanol–water partition coefficient (Wildman–Crippen LogP) is 7.14. The van der Waals surface area contributed by atoms with Gasteiger partial charge in [0.15, 0.2) is 12.2 Å². The van der Waals surface area contributed by atoms with Crippen LogP contribution in [-0.2, 0) is 30.3 Å². The molecule has 47 heavy (non-hydrogen) atoms. The highest BCUT2D eigenvalue weighted by Crippen LogP contribution is 2.72. The van der Waals surface area contributed by atoms with Gasteiger partial charge >= 0.3 is 11.9 Å². The molecule has 1 aromatic heterocycles. The number of ether oxygens (including phenoxy) is 2. The molecule has 3 saturated carbocycles. The molecule has 1 heterocycles. The van der Waals surface area contributed by atoms with Crippen LogP contribution in [0.15, 0.2) is 53.7 Å². The van der Waals surface area contributed by atoms with E-state index in [0.29, 0.717) is 25.7 Å². The SMILES string of the molecule is C=C.CCC(=O)OCC(=O)[C@@]1(OC(=O)CC)[C@@H](C)C[C@H]2[C@@H]3CCC4=Cc5c(cnn5-c5ccccc5Br)C[C@]4(C)[C@@]3(F)[C@@H](O)C[C@@]21C. The second kappa shape index (κ2) is 12.7. The molecule has 0 spiro atoms. The second-order valence-electron chi connectivity index (χ2n) is 13.9. The zero-order valence-corrected chi connectivity index (χ0v) is 29.6. The van der Waals surface area contributed by atoms with Crippen LogP contribution in [0.25, 0.3) is 11.8 Å². The fraction of sp³-hybridized carbons (Fsp3) is 0.568. The number of aromatic nitrogens is 2. The third-order valence-electron chi connectivity index (χ3n) is 11.8. The van der Waals surface area contributed by atoms with Gasteiger partial charge in [0.25, 0.3) is 0 Å². The lowest BCUT2D eigenvalue weighted by Crippen LogP contribution is -2.70. The molecule has 254 valence electrons. The van der Waals surface area contributed by atoms with Crippen molar-refractivity contribution < 1.29 is 33.4 Å². The number of hydrogen-bond donors (Lipinski definition) is 1. The minimum Gasteiger partial charge on any atom is -0.457 e. The van der Waals surface area contributed by atoms with Crippen LogP contribution in [0.2, 0.25) is 0 Å². The van der Waals surface area contributed by atoms with Gasteiger partial charge in [0.2, 0.25) is 5.78 Å². The van der Waals surface area contributed by atoms with Crippen molar-refractivity contribution in [3.05, 3.63) is 64.9 Å². The fourth-order valence-electron chi connectivity index (χ4n) is 9.67. The second-order valence-corrected chi connectivity index (χ2v) is 14.7. The van der Waals surface area contributed by atoms with E-state index in [4.69, 9.17) is 9.47 Å². The Morgan fingerprint density at radius 3 is 2.47 bits per heavy atom. The first-order chi connectivity index (χ1) is 22.3. The number of allylic oxidation sites excluding steroid dienone is 1. The van der Waals surface area contributed by atoms with Gasteiger partial charge in [-0.25, -0.2) is 9.07 Å². The number of benzene rings is 1. The standard InChI is InChI=1S/C35H42BrFN2O6.C2H4/c1-6-30(42)44-19-29(41)35(45-31(43)7-2)20(3)14-24-23-13-12-22-15-27-21(18-38-39(27)26-11-9-8-10-25(26)36)16-32(22,4)34(23,37)28(40)17-33(24,35)5;1-2/h8-11,15,18,20,23-24,28,40H,6-7,12-14,16-17,19H2,1-5H3;1-2H2/t20-,23-,24-,28-,32-,33-,34-,35-;/m0./s1. The van der Waals surface area contributed by atoms with E-state index >= 15 is 4.39 Å². The van der Waals surface area contributed by atoms with E-state index in [1.807, 2.05) is 49.7 Å². The van der Waals surface area contributed by atoms with Crippen LogP contribution in [0.5, 0.6) is 0 Å². The van der Waals surface area contributed by atoms with Crippen LogP contribution >= 0.6 is 15.9 Å². The first-order valence-electron chi connectivity index (χ1n) is 16.6. The molecule has 8 atom stereocenters. The van der Waals surface area contributed by atoms with Crippen molar-refractivity contribution in [1.29, 1.82) is 0 Å². The average Bonchev–Trinajstić information content (AvgIpc) is 3.55. The Balaban J connectivity index is 0.00000213. The minimum absolute atomic E-state index is 0.0536. The van der Waals surface area contributed by atoms with Crippen molar-refractivity contribution >= 4 is 39.7 Å². The lowest BCUT2D eigenvalue weighted by atomic mass is 9.43. The largest absolute Gasteiger partial charge is 0.457 e. The van der Waals surface area contributed by atoms with Crippen molar-refractivity contribution in [2.75, 3.05) is 6.61 Å².